The first-order chi connectivity index (χ1) is 9.06. The van der Waals surface area contributed by atoms with E-state index in [4.69, 9.17) is 0 Å². The van der Waals surface area contributed by atoms with Gasteiger partial charge in [0, 0.05) is 18.9 Å². The van der Waals surface area contributed by atoms with Crippen LogP contribution < -0.4 is 5.32 Å². The van der Waals surface area contributed by atoms with E-state index in [2.05, 4.69) is 42.2 Å². The smallest absolute Gasteiger partial charge is 0.156 e. The standard InChI is InChI=1S/C15H22N4/c1-11(2)6-16-8-14-5-13(4)15(17-9-14)19-10-12(3)7-18-19/h5,7,9-11,16H,6,8H2,1-4H3. The first kappa shape index (κ1) is 13.7. The minimum absolute atomic E-state index is 0.667. The Kier molecular flexibility index (Phi) is 4.32. The molecule has 19 heavy (non-hydrogen) atoms. The Balaban J connectivity index is 2.09. The Labute approximate surface area is 114 Å². The van der Waals surface area contributed by atoms with E-state index in [-0.39, 0.29) is 0 Å². The molecule has 0 radical (unpaired) electrons. The number of aromatic nitrogens is 3. The summed E-state index contributed by atoms with van der Waals surface area (Å²) in [7, 11) is 0. The van der Waals surface area contributed by atoms with Gasteiger partial charge in [-0.15, -0.1) is 0 Å². The van der Waals surface area contributed by atoms with Crippen molar-refractivity contribution in [3.63, 3.8) is 0 Å². The van der Waals surface area contributed by atoms with Crippen LogP contribution in [0, 0.1) is 19.8 Å². The molecule has 4 nitrogen and oxygen atoms in total. The molecule has 4 heteroatoms. The van der Waals surface area contributed by atoms with Crippen molar-refractivity contribution < 1.29 is 0 Å². The Bertz CT molecular complexity index is 543. The van der Waals surface area contributed by atoms with Crippen LogP contribution in [0.5, 0.6) is 0 Å². The molecule has 0 amide bonds. The highest BCUT2D eigenvalue weighted by atomic mass is 15.3. The van der Waals surface area contributed by atoms with Crippen LogP contribution in [0.15, 0.2) is 24.7 Å². The van der Waals surface area contributed by atoms with Gasteiger partial charge in [0.2, 0.25) is 0 Å². The number of pyridine rings is 1. The molecule has 0 saturated heterocycles. The molecule has 2 aromatic rings. The monoisotopic (exact) mass is 258 g/mol. The molecule has 0 saturated carbocycles. The second-order valence-corrected chi connectivity index (χ2v) is 5.47. The minimum Gasteiger partial charge on any atom is -0.312 e. The van der Waals surface area contributed by atoms with Gasteiger partial charge in [0.05, 0.1) is 6.20 Å². The van der Waals surface area contributed by atoms with Crippen molar-refractivity contribution in [2.45, 2.75) is 34.2 Å². The van der Waals surface area contributed by atoms with E-state index in [9.17, 15) is 0 Å². The maximum atomic E-state index is 4.52. The van der Waals surface area contributed by atoms with E-state index in [1.54, 1.807) is 0 Å². The molecular formula is C15H22N4. The van der Waals surface area contributed by atoms with Crippen LogP contribution in [0.1, 0.15) is 30.5 Å². The zero-order valence-electron chi connectivity index (χ0n) is 12.1. The Morgan fingerprint density at radius 2 is 2.05 bits per heavy atom. The zero-order chi connectivity index (χ0) is 13.8. The van der Waals surface area contributed by atoms with Gasteiger partial charge in [0.25, 0.3) is 0 Å². The van der Waals surface area contributed by atoms with Crippen molar-refractivity contribution in [1.29, 1.82) is 0 Å². The molecule has 0 aliphatic carbocycles. The van der Waals surface area contributed by atoms with Gasteiger partial charge in [-0.3, -0.25) is 0 Å². The van der Waals surface area contributed by atoms with Crippen molar-refractivity contribution in [1.82, 2.24) is 20.1 Å². The molecule has 2 heterocycles. The van der Waals surface area contributed by atoms with Gasteiger partial charge in [-0.25, -0.2) is 9.67 Å². The number of nitrogens with one attached hydrogen (secondary N) is 1. The average Bonchev–Trinajstić information content (AvgIpc) is 2.75. The third-order valence-corrected chi connectivity index (χ3v) is 2.92. The van der Waals surface area contributed by atoms with Crippen LogP contribution in [0.25, 0.3) is 5.82 Å². The molecule has 102 valence electrons. The van der Waals surface area contributed by atoms with Gasteiger partial charge in [-0.2, -0.15) is 5.10 Å². The van der Waals surface area contributed by atoms with Crippen LogP contribution in [0.2, 0.25) is 0 Å². The summed E-state index contributed by atoms with van der Waals surface area (Å²) in [6.07, 6.45) is 5.76. The van der Waals surface area contributed by atoms with E-state index >= 15 is 0 Å². The molecule has 0 spiro atoms. The molecule has 0 atom stereocenters. The minimum atomic E-state index is 0.667. The SMILES string of the molecule is Cc1cnn(-c2ncc(CNCC(C)C)cc2C)c1. The first-order valence-corrected chi connectivity index (χ1v) is 6.74. The first-order valence-electron chi connectivity index (χ1n) is 6.74. The maximum absolute atomic E-state index is 4.52. The normalized spacial score (nSPS) is 11.2. The molecule has 0 bridgehead atoms. The Morgan fingerprint density at radius 3 is 2.63 bits per heavy atom. The molecule has 2 aromatic heterocycles. The second-order valence-electron chi connectivity index (χ2n) is 5.47. The van der Waals surface area contributed by atoms with Crippen molar-refractivity contribution in [2.24, 2.45) is 5.92 Å². The Hall–Kier alpha value is -1.68. The van der Waals surface area contributed by atoms with Gasteiger partial charge in [-0.1, -0.05) is 13.8 Å². The molecule has 0 aliphatic heterocycles. The van der Waals surface area contributed by atoms with Gasteiger partial charge in [0.1, 0.15) is 0 Å². The lowest BCUT2D eigenvalue weighted by molar-refractivity contribution is 0.551. The molecule has 0 aromatic carbocycles. The summed E-state index contributed by atoms with van der Waals surface area (Å²) in [6.45, 7) is 10.4. The van der Waals surface area contributed by atoms with Crippen molar-refractivity contribution in [3.05, 3.63) is 41.3 Å². The third-order valence-electron chi connectivity index (χ3n) is 2.92. The summed E-state index contributed by atoms with van der Waals surface area (Å²) < 4.78 is 1.83. The van der Waals surface area contributed by atoms with Gasteiger partial charge < -0.3 is 5.32 Å². The third kappa shape index (κ3) is 3.64. The number of hydrogen-bond acceptors (Lipinski definition) is 3. The largest absolute Gasteiger partial charge is 0.312 e. The number of hydrogen-bond donors (Lipinski definition) is 1. The second kappa shape index (κ2) is 5.97. The predicted molar refractivity (Wildman–Crippen MR) is 77.4 cm³/mol. The maximum Gasteiger partial charge on any atom is 0.156 e. The number of rotatable bonds is 5. The summed E-state index contributed by atoms with van der Waals surface area (Å²) in [5, 5.41) is 7.73. The highest BCUT2D eigenvalue weighted by Crippen LogP contribution is 2.12. The molecule has 0 unspecified atom stereocenters. The highest BCUT2D eigenvalue weighted by Gasteiger charge is 2.05. The lowest BCUT2D eigenvalue weighted by Crippen LogP contribution is -2.19. The van der Waals surface area contributed by atoms with Gasteiger partial charge in [0.15, 0.2) is 5.82 Å². The topological polar surface area (TPSA) is 42.7 Å². The van der Waals surface area contributed by atoms with Gasteiger partial charge in [-0.05, 0) is 49.1 Å². The van der Waals surface area contributed by atoms with Crippen molar-refractivity contribution >= 4 is 0 Å². The molecule has 1 N–H and O–H groups in total. The fourth-order valence-corrected chi connectivity index (χ4v) is 2.00. The molecule has 0 fully saturated rings. The van der Waals surface area contributed by atoms with Crippen molar-refractivity contribution in [2.75, 3.05) is 6.54 Å². The highest BCUT2D eigenvalue weighted by molar-refractivity contribution is 5.35. The van der Waals surface area contributed by atoms with E-state index in [1.807, 2.05) is 30.2 Å². The molecule has 0 aliphatic rings. The van der Waals surface area contributed by atoms with E-state index in [0.717, 1.165) is 30.0 Å². The van der Waals surface area contributed by atoms with E-state index in [1.165, 1.54) is 5.56 Å². The number of aryl methyl sites for hydroxylation is 2. The summed E-state index contributed by atoms with van der Waals surface area (Å²) >= 11 is 0. The van der Waals surface area contributed by atoms with Crippen LogP contribution in [-0.4, -0.2) is 21.3 Å². The predicted octanol–water partition coefficient (Wildman–Crippen LogP) is 2.63. The Morgan fingerprint density at radius 1 is 1.26 bits per heavy atom. The molecule has 2 rings (SSSR count). The van der Waals surface area contributed by atoms with E-state index < -0.39 is 0 Å². The van der Waals surface area contributed by atoms with E-state index in [0.29, 0.717) is 5.92 Å². The summed E-state index contributed by atoms with van der Waals surface area (Å²) in [5.41, 5.74) is 3.50. The summed E-state index contributed by atoms with van der Waals surface area (Å²) in [4.78, 5) is 4.52. The molecular weight excluding hydrogens is 236 g/mol. The fraction of sp³-hybridized carbons (Fsp3) is 0.467. The lowest BCUT2D eigenvalue weighted by Gasteiger charge is -2.10. The summed E-state index contributed by atoms with van der Waals surface area (Å²) in [6, 6.07) is 2.17. The van der Waals surface area contributed by atoms with Crippen LogP contribution in [-0.2, 0) is 6.54 Å². The zero-order valence-corrected chi connectivity index (χ0v) is 12.1. The fourth-order valence-electron chi connectivity index (χ4n) is 2.00. The quantitative estimate of drug-likeness (QED) is 0.896. The van der Waals surface area contributed by atoms with Gasteiger partial charge >= 0.3 is 0 Å². The van der Waals surface area contributed by atoms with Crippen LogP contribution in [0.4, 0.5) is 0 Å². The van der Waals surface area contributed by atoms with Crippen LogP contribution >= 0.6 is 0 Å². The van der Waals surface area contributed by atoms with Crippen molar-refractivity contribution in [3.8, 4) is 5.82 Å². The van der Waals surface area contributed by atoms with Crippen LogP contribution in [0.3, 0.4) is 0 Å². The summed E-state index contributed by atoms with van der Waals surface area (Å²) in [5.74, 6) is 1.57. The average molecular weight is 258 g/mol. The lowest BCUT2D eigenvalue weighted by atomic mass is 10.2. The number of nitrogens with zero attached hydrogens (tertiary/aromatic N) is 3.